The predicted molar refractivity (Wildman–Crippen MR) is 107 cm³/mol. The van der Waals surface area contributed by atoms with Crippen molar-refractivity contribution < 1.29 is 9.31 Å². The first-order valence-electron chi connectivity index (χ1n) is 9.44. The zero-order chi connectivity index (χ0) is 18.2. The third-order valence-electron chi connectivity index (χ3n) is 6.27. The van der Waals surface area contributed by atoms with Gasteiger partial charge in [0.1, 0.15) is 0 Å². The Morgan fingerprint density at radius 3 is 1.96 bits per heavy atom. The van der Waals surface area contributed by atoms with Crippen LogP contribution < -0.4 is 5.19 Å². The maximum atomic E-state index is 6.51. The highest BCUT2D eigenvalue weighted by molar-refractivity contribution is 6.97. The molecule has 0 aromatic heterocycles. The third kappa shape index (κ3) is 3.66. The van der Waals surface area contributed by atoms with E-state index in [1.54, 1.807) is 0 Å². The van der Waals surface area contributed by atoms with Crippen molar-refractivity contribution in [3.8, 4) is 0 Å². The van der Waals surface area contributed by atoms with Gasteiger partial charge in [-0.1, -0.05) is 75.3 Å². The molecule has 1 fully saturated rings. The summed E-state index contributed by atoms with van der Waals surface area (Å²) in [5.74, 6) is 0.589. The summed E-state index contributed by atoms with van der Waals surface area (Å²) < 4.78 is 13.0. The summed E-state index contributed by atoms with van der Waals surface area (Å²) in [4.78, 5) is 0. The average molecular weight is 346 g/mol. The van der Waals surface area contributed by atoms with Gasteiger partial charge in [0.05, 0.1) is 19.3 Å². The molecule has 2 nitrogen and oxygen atoms in total. The zero-order valence-corrected chi connectivity index (χ0v) is 17.8. The summed E-state index contributed by atoms with van der Waals surface area (Å²) in [6.07, 6.45) is 2.43. The smallest absolute Gasteiger partial charge is 0.403 e. The van der Waals surface area contributed by atoms with Crippen LogP contribution in [-0.4, -0.2) is 26.4 Å². The Morgan fingerprint density at radius 1 is 1.00 bits per heavy atom. The predicted octanol–water partition coefficient (Wildman–Crippen LogP) is 5.04. The Bertz CT molecular complexity index is 526. The molecule has 1 aliphatic rings. The summed E-state index contributed by atoms with van der Waals surface area (Å²) in [6, 6.07) is 11.0. The van der Waals surface area contributed by atoms with Gasteiger partial charge in [-0.3, -0.25) is 0 Å². The van der Waals surface area contributed by atoms with E-state index in [-0.39, 0.29) is 18.3 Å². The van der Waals surface area contributed by atoms with E-state index >= 15 is 0 Å². The number of hydrogen-bond donors (Lipinski definition) is 0. The van der Waals surface area contributed by atoms with Crippen LogP contribution in [0.25, 0.3) is 0 Å². The fourth-order valence-electron chi connectivity index (χ4n) is 4.05. The van der Waals surface area contributed by atoms with Crippen molar-refractivity contribution in [1.82, 2.24) is 0 Å². The number of benzene rings is 1. The Labute approximate surface area is 150 Å². The maximum Gasteiger partial charge on any atom is 0.458 e. The van der Waals surface area contributed by atoms with Gasteiger partial charge in [0.15, 0.2) is 0 Å². The molecule has 2 unspecified atom stereocenters. The average Bonchev–Trinajstić information content (AvgIpc) is 2.68. The first-order chi connectivity index (χ1) is 11.0. The van der Waals surface area contributed by atoms with E-state index in [2.05, 4.69) is 85.0 Å². The summed E-state index contributed by atoms with van der Waals surface area (Å²) >= 11 is 0. The minimum Gasteiger partial charge on any atom is -0.403 e. The number of hydrogen-bond acceptors (Lipinski definition) is 2. The van der Waals surface area contributed by atoms with Crippen molar-refractivity contribution in [2.75, 3.05) is 0 Å². The highest BCUT2D eigenvalue weighted by atomic mass is 28.3. The molecule has 1 aromatic rings. The molecule has 2 atom stereocenters. The lowest BCUT2D eigenvalue weighted by molar-refractivity contribution is 0.00578. The van der Waals surface area contributed by atoms with Gasteiger partial charge in [-0.2, -0.15) is 0 Å². The van der Waals surface area contributed by atoms with Crippen LogP contribution in [0.1, 0.15) is 54.4 Å². The highest BCUT2D eigenvalue weighted by Crippen LogP contribution is 2.45. The lowest BCUT2D eigenvalue weighted by atomic mass is 9.75. The lowest BCUT2D eigenvalue weighted by Crippen LogP contribution is -2.54. The van der Waals surface area contributed by atoms with Gasteiger partial charge >= 0.3 is 7.12 Å². The molecule has 134 valence electrons. The van der Waals surface area contributed by atoms with Crippen molar-refractivity contribution in [2.45, 2.75) is 84.1 Å². The summed E-state index contributed by atoms with van der Waals surface area (Å²) in [5, 5.41) is 1.49. The maximum absolute atomic E-state index is 6.51. The molecular weight excluding hydrogens is 311 g/mol. The van der Waals surface area contributed by atoms with Gasteiger partial charge in [0.2, 0.25) is 0 Å². The van der Waals surface area contributed by atoms with Crippen LogP contribution in [0, 0.1) is 5.92 Å². The molecule has 1 aliphatic heterocycles. The van der Waals surface area contributed by atoms with Gasteiger partial charge in [-0.05, 0) is 39.1 Å². The van der Waals surface area contributed by atoms with Crippen LogP contribution in [0.15, 0.2) is 30.3 Å². The standard InChI is InChI=1S/C20H35BO2Si/c1-9-13-16(2)18(21-22-19(3,4)20(5,6)23-21)24(7,8)17-14-11-10-12-15-17/h10-12,14-16,18H,9,13H2,1-8H3. The Balaban J connectivity index is 2.40. The van der Waals surface area contributed by atoms with E-state index < -0.39 is 8.07 Å². The van der Waals surface area contributed by atoms with Crippen LogP contribution >= 0.6 is 0 Å². The normalized spacial score (nSPS) is 22.4. The van der Waals surface area contributed by atoms with Crippen LogP contribution in [0.5, 0.6) is 0 Å². The second kappa shape index (κ2) is 6.97. The first kappa shape index (κ1) is 19.7. The molecule has 0 N–H and O–H groups in total. The Kier molecular flexibility index (Phi) is 5.73. The van der Waals surface area contributed by atoms with E-state index in [1.165, 1.54) is 18.0 Å². The molecule has 0 spiro atoms. The van der Waals surface area contributed by atoms with Crippen molar-refractivity contribution in [3.63, 3.8) is 0 Å². The van der Waals surface area contributed by atoms with Crippen molar-refractivity contribution in [3.05, 3.63) is 30.3 Å². The fraction of sp³-hybridized carbons (Fsp3) is 0.700. The third-order valence-corrected chi connectivity index (χ3v) is 10.6. The van der Waals surface area contributed by atoms with E-state index in [0.29, 0.717) is 11.4 Å². The molecule has 1 aromatic carbocycles. The minimum atomic E-state index is -1.75. The lowest BCUT2D eigenvalue weighted by Gasteiger charge is -2.38. The summed E-state index contributed by atoms with van der Waals surface area (Å²) in [6.45, 7) is 18.2. The molecule has 0 radical (unpaired) electrons. The minimum absolute atomic E-state index is 0.113. The molecule has 1 saturated heterocycles. The van der Waals surface area contributed by atoms with Crippen molar-refractivity contribution in [1.29, 1.82) is 0 Å². The van der Waals surface area contributed by atoms with Crippen LogP contribution in [-0.2, 0) is 9.31 Å². The van der Waals surface area contributed by atoms with E-state index in [9.17, 15) is 0 Å². The molecule has 0 bridgehead atoms. The topological polar surface area (TPSA) is 18.5 Å². The molecule has 0 saturated carbocycles. The second-order valence-corrected chi connectivity index (χ2v) is 13.7. The monoisotopic (exact) mass is 346 g/mol. The van der Waals surface area contributed by atoms with E-state index in [1.807, 2.05) is 0 Å². The molecule has 0 aliphatic carbocycles. The Hall–Kier alpha value is -0.578. The van der Waals surface area contributed by atoms with Crippen molar-refractivity contribution >= 4 is 20.4 Å². The van der Waals surface area contributed by atoms with Gasteiger partial charge < -0.3 is 9.31 Å². The SMILES string of the molecule is CCCC(C)C(B1OC(C)(C)C(C)(C)O1)[Si](C)(C)c1ccccc1. The first-order valence-corrected chi connectivity index (χ1v) is 12.5. The van der Waals surface area contributed by atoms with Crippen LogP contribution in [0.4, 0.5) is 0 Å². The summed E-state index contributed by atoms with van der Waals surface area (Å²) in [5.41, 5.74) is -0.0765. The highest BCUT2D eigenvalue weighted by Gasteiger charge is 2.58. The molecule has 2 rings (SSSR count). The second-order valence-electron chi connectivity index (χ2n) is 9.00. The molecule has 0 amide bonds. The Morgan fingerprint density at radius 2 is 1.50 bits per heavy atom. The molecule has 1 heterocycles. The van der Waals surface area contributed by atoms with Gasteiger partial charge in [0, 0.05) is 0 Å². The quantitative estimate of drug-likeness (QED) is 0.672. The van der Waals surface area contributed by atoms with Crippen LogP contribution in [0.3, 0.4) is 0 Å². The molecular formula is C20H35BO2Si. The van der Waals surface area contributed by atoms with E-state index in [0.717, 1.165) is 0 Å². The fourth-order valence-corrected chi connectivity index (χ4v) is 7.89. The molecule has 24 heavy (non-hydrogen) atoms. The van der Waals surface area contributed by atoms with Gasteiger partial charge in [0.25, 0.3) is 0 Å². The van der Waals surface area contributed by atoms with Crippen LogP contribution in [0.2, 0.25) is 18.5 Å². The van der Waals surface area contributed by atoms with Gasteiger partial charge in [-0.15, -0.1) is 0 Å². The number of rotatable bonds is 6. The van der Waals surface area contributed by atoms with Crippen molar-refractivity contribution in [2.24, 2.45) is 5.92 Å². The van der Waals surface area contributed by atoms with E-state index in [4.69, 9.17) is 9.31 Å². The van der Waals surface area contributed by atoms with Gasteiger partial charge in [-0.25, -0.2) is 0 Å². The zero-order valence-electron chi connectivity index (χ0n) is 16.8. The largest absolute Gasteiger partial charge is 0.458 e. The molecule has 4 heteroatoms. The summed E-state index contributed by atoms with van der Waals surface area (Å²) in [7, 11) is -1.86.